The lowest BCUT2D eigenvalue weighted by Crippen LogP contribution is -2.14. The molecule has 106 valence electrons. The molecule has 0 spiro atoms. The van der Waals surface area contributed by atoms with E-state index in [0.717, 1.165) is 12.0 Å². The van der Waals surface area contributed by atoms with Crippen LogP contribution in [0.2, 0.25) is 5.02 Å². The van der Waals surface area contributed by atoms with Crippen molar-refractivity contribution in [2.75, 3.05) is 5.32 Å². The first-order valence-corrected chi connectivity index (χ1v) is 7.20. The number of benzene rings is 2. The maximum Gasteiger partial charge on any atom is 0.146 e. The highest BCUT2D eigenvalue weighted by Gasteiger charge is 2.15. The number of anilines is 1. The zero-order valence-electron chi connectivity index (χ0n) is 11.7. The Balaban J connectivity index is 2.26. The van der Waals surface area contributed by atoms with Gasteiger partial charge in [-0.1, -0.05) is 55.8 Å². The zero-order chi connectivity index (χ0) is 14.5. The van der Waals surface area contributed by atoms with Crippen molar-refractivity contribution >= 4 is 17.3 Å². The van der Waals surface area contributed by atoms with Crippen LogP contribution in [0.25, 0.3) is 0 Å². The largest absolute Gasteiger partial charge is 0.376 e. The van der Waals surface area contributed by atoms with Gasteiger partial charge in [0.15, 0.2) is 0 Å². The number of rotatable bonds is 5. The Labute approximate surface area is 124 Å². The summed E-state index contributed by atoms with van der Waals surface area (Å²) in [5.74, 6) is 0.231. The summed E-state index contributed by atoms with van der Waals surface area (Å²) in [7, 11) is 0. The molecule has 0 amide bonds. The molecule has 0 aliphatic heterocycles. The fraction of sp³-hybridized carbons (Fsp3) is 0.294. The van der Waals surface area contributed by atoms with Gasteiger partial charge in [0.1, 0.15) is 5.82 Å². The van der Waals surface area contributed by atoms with Crippen LogP contribution in [-0.2, 0) is 0 Å². The van der Waals surface area contributed by atoms with Crippen LogP contribution in [0.3, 0.4) is 0 Å². The van der Waals surface area contributed by atoms with Gasteiger partial charge in [-0.2, -0.15) is 0 Å². The molecular weight excluding hydrogens is 273 g/mol. The van der Waals surface area contributed by atoms with Gasteiger partial charge in [-0.25, -0.2) is 4.39 Å². The molecule has 0 aliphatic carbocycles. The smallest absolute Gasteiger partial charge is 0.146 e. The summed E-state index contributed by atoms with van der Waals surface area (Å²) in [6.07, 6.45) is 0.927. The predicted octanol–water partition coefficient (Wildman–Crippen LogP) is 5.68. The molecule has 0 fully saturated rings. The fourth-order valence-corrected chi connectivity index (χ4v) is 2.40. The number of nitrogens with one attached hydrogen (secondary N) is 1. The minimum absolute atomic E-state index is 0.0733. The van der Waals surface area contributed by atoms with Gasteiger partial charge >= 0.3 is 0 Å². The molecule has 3 heteroatoms. The van der Waals surface area contributed by atoms with E-state index in [0.29, 0.717) is 16.6 Å². The van der Waals surface area contributed by atoms with E-state index >= 15 is 0 Å². The molecule has 1 unspecified atom stereocenters. The maximum atomic E-state index is 13.9. The fourth-order valence-electron chi connectivity index (χ4n) is 2.23. The van der Waals surface area contributed by atoms with Crippen molar-refractivity contribution in [1.29, 1.82) is 0 Å². The topological polar surface area (TPSA) is 12.0 Å². The molecule has 0 radical (unpaired) electrons. The van der Waals surface area contributed by atoms with Crippen molar-refractivity contribution in [3.05, 3.63) is 64.9 Å². The Kier molecular flexibility index (Phi) is 5.02. The van der Waals surface area contributed by atoms with E-state index in [4.69, 9.17) is 11.6 Å². The first-order chi connectivity index (χ1) is 9.56. The lowest BCUT2D eigenvalue weighted by molar-refractivity contribution is 0.527. The number of hydrogen-bond donors (Lipinski definition) is 1. The summed E-state index contributed by atoms with van der Waals surface area (Å²) in [6, 6.07) is 14.7. The van der Waals surface area contributed by atoms with Gasteiger partial charge in [0.05, 0.1) is 11.7 Å². The molecule has 20 heavy (non-hydrogen) atoms. The van der Waals surface area contributed by atoms with Crippen molar-refractivity contribution in [3.8, 4) is 0 Å². The predicted molar refractivity (Wildman–Crippen MR) is 83.7 cm³/mol. The Bertz CT molecular complexity index is 554. The Hall–Kier alpha value is -1.54. The van der Waals surface area contributed by atoms with Gasteiger partial charge < -0.3 is 5.32 Å². The SMILES string of the molecule is CC(C)CC(Nc1cc(Cl)ccc1F)c1ccccc1. The van der Waals surface area contributed by atoms with E-state index in [9.17, 15) is 4.39 Å². The van der Waals surface area contributed by atoms with E-state index in [1.807, 2.05) is 18.2 Å². The van der Waals surface area contributed by atoms with Crippen LogP contribution in [-0.4, -0.2) is 0 Å². The normalized spacial score (nSPS) is 12.4. The average molecular weight is 292 g/mol. The van der Waals surface area contributed by atoms with Gasteiger partial charge in [-0.3, -0.25) is 0 Å². The second-order valence-corrected chi connectivity index (χ2v) is 5.80. The van der Waals surface area contributed by atoms with Crippen molar-refractivity contribution in [3.63, 3.8) is 0 Å². The summed E-state index contributed by atoms with van der Waals surface area (Å²) in [6.45, 7) is 4.32. The molecule has 0 saturated carbocycles. The summed E-state index contributed by atoms with van der Waals surface area (Å²) < 4.78 is 13.9. The third-order valence-electron chi connectivity index (χ3n) is 3.17. The second kappa shape index (κ2) is 6.76. The van der Waals surface area contributed by atoms with Crippen LogP contribution in [0.15, 0.2) is 48.5 Å². The number of halogens is 2. The Morgan fingerprint density at radius 1 is 1.10 bits per heavy atom. The second-order valence-electron chi connectivity index (χ2n) is 5.36. The molecule has 2 rings (SSSR count). The Morgan fingerprint density at radius 2 is 1.80 bits per heavy atom. The van der Waals surface area contributed by atoms with E-state index in [2.05, 4.69) is 31.3 Å². The molecule has 2 aromatic rings. The minimum Gasteiger partial charge on any atom is -0.376 e. The van der Waals surface area contributed by atoms with Crippen molar-refractivity contribution in [2.45, 2.75) is 26.3 Å². The average Bonchev–Trinajstić information content (AvgIpc) is 2.42. The minimum atomic E-state index is -0.279. The van der Waals surface area contributed by atoms with Crippen LogP contribution in [0.5, 0.6) is 0 Å². The maximum absolute atomic E-state index is 13.9. The van der Waals surface area contributed by atoms with E-state index in [1.54, 1.807) is 12.1 Å². The summed E-state index contributed by atoms with van der Waals surface area (Å²) in [4.78, 5) is 0. The van der Waals surface area contributed by atoms with Crippen LogP contribution in [0.1, 0.15) is 31.9 Å². The highest BCUT2D eigenvalue weighted by molar-refractivity contribution is 6.30. The molecule has 0 bridgehead atoms. The molecule has 2 aromatic carbocycles. The van der Waals surface area contributed by atoms with Gasteiger partial charge in [-0.15, -0.1) is 0 Å². The molecular formula is C17H19ClFN. The summed E-state index contributed by atoms with van der Waals surface area (Å²) in [5.41, 5.74) is 1.60. The zero-order valence-corrected chi connectivity index (χ0v) is 12.5. The molecule has 1 atom stereocenters. The molecule has 0 heterocycles. The molecule has 0 aliphatic rings. The molecule has 0 aromatic heterocycles. The van der Waals surface area contributed by atoms with Crippen molar-refractivity contribution in [2.24, 2.45) is 5.92 Å². The Morgan fingerprint density at radius 3 is 2.45 bits per heavy atom. The van der Waals surface area contributed by atoms with Crippen molar-refractivity contribution < 1.29 is 4.39 Å². The van der Waals surface area contributed by atoms with Gasteiger partial charge in [-0.05, 0) is 36.1 Å². The van der Waals surface area contributed by atoms with Crippen LogP contribution >= 0.6 is 11.6 Å². The number of hydrogen-bond acceptors (Lipinski definition) is 1. The molecule has 1 N–H and O–H groups in total. The summed E-state index contributed by atoms with van der Waals surface area (Å²) in [5, 5.41) is 3.81. The van der Waals surface area contributed by atoms with Gasteiger partial charge in [0, 0.05) is 5.02 Å². The first-order valence-electron chi connectivity index (χ1n) is 6.83. The highest BCUT2D eigenvalue weighted by Crippen LogP contribution is 2.28. The van der Waals surface area contributed by atoms with Gasteiger partial charge in [0.25, 0.3) is 0 Å². The van der Waals surface area contributed by atoms with Gasteiger partial charge in [0.2, 0.25) is 0 Å². The highest BCUT2D eigenvalue weighted by atomic mass is 35.5. The van der Waals surface area contributed by atoms with E-state index in [-0.39, 0.29) is 11.9 Å². The molecule has 0 saturated heterocycles. The summed E-state index contributed by atoms with van der Waals surface area (Å²) >= 11 is 5.95. The quantitative estimate of drug-likeness (QED) is 0.747. The van der Waals surface area contributed by atoms with Crippen LogP contribution < -0.4 is 5.32 Å². The van der Waals surface area contributed by atoms with Crippen molar-refractivity contribution in [1.82, 2.24) is 0 Å². The van der Waals surface area contributed by atoms with Crippen LogP contribution in [0, 0.1) is 11.7 Å². The molecule has 1 nitrogen and oxygen atoms in total. The lowest BCUT2D eigenvalue weighted by atomic mass is 9.96. The lowest BCUT2D eigenvalue weighted by Gasteiger charge is -2.22. The standard InChI is InChI=1S/C17H19ClFN/c1-12(2)10-16(13-6-4-3-5-7-13)20-17-11-14(18)8-9-15(17)19/h3-9,11-12,16,20H,10H2,1-2H3. The van der Waals surface area contributed by atoms with E-state index < -0.39 is 0 Å². The third-order valence-corrected chi connectivity index (χ3v) is 3.40. The van der Waals surface area contributed by atoms with Crippen LogP contribution in [0.4, 0.5) is 10.1 Å². The first kappa shape index (κ1) is 14.9. The van der Waals surface area contributed by atoms with E-state index in [1.165, 1.54) is 6.07 Å². The monoisotopic (exact) mass is 291 g/mol. The third kappa shape index (κ3) is 3.97.